The number of carbonyl (C=O) groups is 1. The van der Waals surface area contributed by atoms with Crippen molar-refractivity contribution < 1.29 is 14.6 Å². The first-order valence-corrected chi connectivity index (χ1v) is 6.23. The van der Waals surface area contributed by atoms with E-state index in [1.54, 1.807) is 19.1 Å². The van der Waals surface area contributed by atoms with Gasteiger partial charge in [-0.1, -0.05) is 25.5 Å². The lowest BCUT2D eigenvalue weighted by Gasteiger charge is -2.26. The summed E-state index contributed by atoms with van der Waals surface area (Å²) in [5, 5.41) is 9.22. The highest BCUT2D eigenvalue weighted by Gasteiger charge is 2.34. The average molecular weight is 251 g/mol. The van der Waals surface area contributed by atoms with E-state index in [9.17, 15) is 9.90 Å². The molecule has 0 aliphatic carbocycles. The third-order valence-corrected chi connectivity index (χ3v) is 2.88. The number of hydrogen-bond acceptors (Lipinski definition) is 3. The van der Waals surface area contributed by atoms with Crippen LogP contribution in [0.5, 0.6) is 5.75 Å². The predicted octanol–water partition coefficient (Wildman–Crippen LogP) is 2.21. The van der Waals surface area contributed by atoms with Crippen molar-refractivity contribution in [2.45, 2.75) is 38.7 Å². The Morgan fingerprint density at radius 2 is 2.00 bits per heavy atom. The summed E-state index contributed by atoms with van der Waals surface area (Å²) >= 11 is 0. The Hall–Kier alpha value is -1.55. The van der Waals surface area contributed by atoms with Gasteiger partial charge in [0, 0.05) is 0 Å². The number of aliphatic carboxylic acids is 1. The van der Waals surface area contributed by atoms with Crippen molar-refractivity contribution in [1.82, 2.24) is 0 Å². The molecule has 0 fully saturated rings. The van der Waals surface area contributed by atoms with Gasteiger partial charge >= 0.3 is 5.97 Å². The largest absolute Gasteiger partial charge is 0.478 e. The zero-order valence-electron chi connectivity index (χ0n) is 11.0. The first kappa shape index (κ1) is 14.5. The zero-order chi connectivity index (χ0) is 13.6. The van der Waals surface area contributed by atoms with Crippen LogP contribution in [0, 0.1) is 0 Å². The van der Waals surface area contributed by atoms with E-state index in [1.165, 1.54) is 0 Å². The number of nitrogens with two attached hydrogens (primary N) is 1. The maximum Gasteiger partial charge on any atom is 0.347 e. The van der Waals surface area contributed by atoms with Crippen molar-refractivity contribution >= 4 is 5.97 Å². The quantitative estimate of drug-likeness (QED) is 0.779. The van der Waals surface area contributed by atoms with Gasteiger partial charge in [0.1, 0.15) is 5.75 Å². The van der Waals surface area contributed by atoms with E-state index in [1.807, 2.05) is 19.1 Å². The number of hydrogen-bond donors (Lipinski definition) is 2. The Morgan fingerprint density at radius 3 is 2.44 bits per heavy atom. The Labute approximate surface area is 108 Å². The maximum absolute atomic E-state index is 11.2. The van der Waals surface area contributed by atoms with E-state index in [0.717, 1.165) is 18.4 Å². The highest BCUT2D eigenvalue weighted by Crippen LogP contribution is 2.23. The Balaban J connectivity index is 2.78. The van der Waals surface area contributed by atoms with Crippen LogP contribution in [0.3, 0.4) is 0 Å². The van der Waals surface area contributed by atoms with Gasteiger partial charge in [0.2, 0.25) is 5.60 Å². The van der Waals surface area contributed by atoms with Crippen molar-refractivity contribution in [2.75, 3.05) is 6.54 Å². The van der Waals surface area contributed by atoms with Gasteiger partial charge in [0.25, 0.3) is 0 Å². The van der Waals surface area contributed by atoms with Crippen LogP contribution in [0.15, 0.2) is 24.3 Å². The third-order valence-electron chi connectivity index (χ3n) is 2.88. The second-order valence-electron chi connectivity index (χ2n) is 4.57. The van der Waals surface area contributed by atoms with Gasteiger partial charge in [0.05, 0.1) is 0 Å². The molecule has 4 nitrogen and oxygen atoms in total. The number of carboxylic acid groups (broad SMARTS) is 1. The SMILES string of the molecule is CCCC(C)(Oc1ccc(CCN)cc1)C(=O)O. The average Bonchev–Trinajstić information content (AvgIpc) is 2.32. The fourth-order valence-corrected chi connectivity index (χ4v) is 1.83. The van der Waals surface area contributed by atoms with Gasteiger partial charge in [-0.25, -0.2) is 4.79 Å². The van der Waals surface area contributed by atoms with E-state index >= 15 is 0 Å². The Kier molecular flexibility index (Phi) is 5.16. The molecule has 0 aliphatic rings. The molecule has 0 bridgehead atoms. The maximum atomic E-state index is 11.2. The summed E-state index contributed by atoms with van der Waals surface area (Å²) < 4.78 is 5.61. The molecular weight excluding hydrogens is 230 g/mol. The molecule has 0 radical (unpaired) electrons. The first-order chi connectivity index (χ1) is 8.51. The molecule has 0 saturated heterocycles. The van der Waals surface area contributed by atoms with Crippen molar-refractivity contribution in [3.63, 3.8) is 0 Å². The van der Waals surface area contributed by atoms with Crippen LogP contribution in [0.1, 0.15) is 32.3 Å². The minimum atomic E-state index is -1.16. The molecular formula is C14H21NO3. The second kappa shape index (κ2) is 6.40. The van der Waals surface area contributed by atoms with Gasteiger partial charge in [-0.05, 0) is 44.0 Å². The molecule has 0 heterocycles. The monoisotopic (exact) mass is 251 g/mol. The van der Waals surface area contributed by atoms with Crippen LogP contribution in [-0.2, 0) is 11.2 Å². The lowest BCUT2D eigenvalue weighted by molar-refractivity contribution is -0.154. The van der Waals surface area contributed by atoms with Gasteiger partial charge in [-0.2, -0.15) is 0 Å². The summed E-state index contributed by atoms with van der Waals surface area (Å²) in [4.78, 5) is 11.2. The van der Waals surface area contributed by atoms with Gasteiger partial charge in [0.15, 0.2) is 0 Å². The molecule has 1 rings (SSSR count). The number of carboxylic acids is 1. The molecule has 0 spiro atoms. The van der Waals surface area contributed by atoms with Crippen molar-refractivity contribution in [3.05, 3.63) is 29.8 Å². The topological polar surface area (TPSA) is 72.5 Å². The lowest BCUT2D eigenvalue weighted by Crippen LogP contribution is -2.41. The smallest absolute Gasteiger partial charge is 0.347 e. The van der Waals surface area contributed by atoms with Crippen molar-refractivity contribution in [2.24, 2.45) is 5.73 Å². The molecule has 18 heavy (non-hydrogen) atoms. The summed E-state index contributed by atoms with van der Waals surface area (Å²) in [6.45, 7) is 4.14. The Bertz CT molecular complexity index is 389. The molecule has 1 unspecified atom stereocenters. The molecule has 0 amide bonds. The zero-order valence-corrected chi connectivity index (χ0v) is 11.0. The summed E-state index contributed by atoms with van der Waals surface area (Å²) in [5.41, 5.74) is 5.43. The molecule has 0 aromatic heterocycles. The van der Waals surface area contributed by atoms with Crippen molar-refractivity contribution in [3.8, 4) is 5.75 Å². The van der Waals surface area contributed by atoms with E-state index in [2.05, 4.69) is 0 Å². The summed E-state index contributed by atoms with van der Waals surface area (Å²) in [6.07, 6.45) is 2.05. The molecule has 1 aromatic carbocycles. The molecule has 4 heteroatoms. The molecule has 0 aliphatic heterocycles. The summed E-state index contributed by atoms with van der Waals surface area (Å²) in [5.74, 6) is -0.357. The van der Waals surface area contributed by atoms with Gasteiger partial charge in [-0.15, -0.1) is 0 Å². The fourth-order valence-electron chi connectivity index (χ4n) is 1.83. The standard InChI is InChI=1S/C14H21NO3/c1-3-9-14(2,13(16)17)18-12-6-4-11(5-7-12)8-10-15/h4-7H,3,8-10,15H2,1-2H3,(H,16,17). The highest BCUT2D eigenvalue weighted by molar-refractivity contribution is 5.77. The van der Waals surface area contributed by atoms with Gasteiger partial charge in [-0.3, -0.25) is 0 Å². The van der Waals surface area contributed by atoms with Crippen LogP contribution >= 0.6 is 0 Å². The first-order valence-electron chi connectivity index (χ1n) is 6.23. The van der Waals surface area contributed by atoms with Crippen LogP contribution in [-0.4, -0.2) is 23.2 Å². The summed E-state index contributed by atoms with van der Waals surface area (Å²) in [6, 6.07) is 7.41. The Morgan fingerprint density at radius 1 is 1.39 bits per heavy atom. The van der Waals surface area contributed by atoms with Crippen molar-refractivity contribution in [1.29, 1.82) is 0 Å². The van der Waals surface area contributed by atoms with Crippen LogP contribution in [0.2, 0.25) is 0 Å². The lowest BCUT2D eigenvalue weighted by atomic mass is 10.0. The minimum absolute atomic E-state index is 0.479. The molecule has 100 valence electrons. The third kappa shape index (κ3) is 3.74. The summed E-state index contributed by atoms with van der Waals surface area (Å²) in [7, 11) is 0. The van der Waals surface area contributed by atoms with Crippen LogP contribution < -0.4 is 10.5 Å². The molecule has 1 atom stereocenters. The van der Waals surface area contributed by atoms with Crippen LogP contribution in [0.4, 0.5) is 0 Å². The van der Waals surface area contributed by atoms with E-state index in [4.69, 9.17) is 10.5 Å². The van der Waals surface area contributed by atoms with Gasteiger partial charge < -0.3 is 15.6 Å². The predicted molar refractivity (Wildman–Crippen MR) is 70.8 cm³/mol. The highest BCUT2D eigenvalue weighted by atomic mass is 16.5. The molecule has 0 saturated carbocycles. The number of benzene rings is 1. The molecule has 1 aromatic rings. The van der Waals surface area contributed by atoms with E-state index in [-0.39, 0.29) is 0 Å². The normalized spacial score (nSPS) is 13.9. The molecule has 3 N–H and O–H groups in total. The second-order valence-corrected chi connectivity index (χ2v) is 4.57. The number of rotatable bonds is 7. The van der Waals surface area contributed by atoms with E-state index < -0.39 is 11.6 Å². The number of ether oxygens (including phenoxy) is 1. The minimum Gasteiger partial charge on any atom is -0.478 e. The van der Waals surface area contributed by atoms with Crippen LogP contribution in [0.25, 0.3) is 0 Å². The van der Waals surface area contributed by atoms with E-state index in [0.29, 0.717) is 18.7 Å². The fraction of sp³-hybridized carbons (Fsp3) is 0.500.